The van der Waals surface area contributed by atoms with Crippen LogP contribution in [0.15, 0.2) is 42.5 Å². The first-order chi connectivity index (χ1) is 13.5. The highest BCUT2D eigenvalue weighted by molar-refractivity contribution is 6.30. The molecule has 1 fully saturated rings. The number of ether oxygens (including phenoxy) is 1. The van der Waals surface area contributed by atoms with Gasteiger partial charge in [0.15, 0.2) is 0 Å². The van der Waals surface area contributed by atoms with Crippen molar-refractivity contribution in [1.82, 2.24) is 4.90 Å². The Hall–Kier alpha value is -2.73. The van der Waals surface area contributed by atoms with Crippen LogP contribution in [0.25, 0.3) is 0 Å². The summed E-state index contributed by atoms with van der Waals surface area (Å²) in [4.78, 5) is 25.2. The summed E-state index contributed by atoms with van der Waals surface area (Å²) in [6.45, 7) is 0.510. The first-order valence-electron chi connectivity index (χ1n) is 9.23. The Bertz CT molecular complexity index is 915. The van der Waals surface area contributed by atoms with E-state index in [1.807, 2.05) is 24.3 Å². The van der Waals surface area contributed by atoms with E-state index in [4.69, 9.17) is 16.3 Å². The minimum atomic E-state index is -0.915. The number of carbonyl (C=O) groups is 2. The van der Waals surface area contributed by atoms with Gasteiger partial charge >= 0.3 is 12.1 Å². The highest BCUT2D eigenvalue weighted by atomic mass is 35.5. The summed E-state index contributed by atoms with van der Waals surface area (Å²) in [5.74, 6) is -0.310. The van der Waals surface area contributed by atoms with Gasteiger partial charge in [0, 0.05) is 23.2 Å². The van der Waals surface area contributed by atoms with Gasteiger partial charge in [-0.05, 0) is 54.3 Å². The molecular formula is C21H21ClN2O4. The van der Waals surface area contributed by atoms with E-state index in [1.54, 1.807) is 18.2 Å². The van der Waals surface area contributed by atoms with Gasteiger partial charge in [-0.1, -0.05) is 23.7 Å². The Morgan fingerprint density at radius 3 is 2.64 bits per heavy atom. The van der Waals surface area contributed by atoms with E-state index in [1.165, 1.54) is 12.0 Å². The number of amides is 1. The smallest absolute Gasteiger partial charge is 0.407 e. The molecular weight excluding hydrogens is 380 g/mol. The largest absolute Gasteiger partial charge is 0.465 e. The van der Waals surface area contributed by atoms with Gasteiger partial charge in [-0.25, -0.2) is 9.59 Å². The van der Waals surface area contributed by atoms with Crippen LogP contribution in [0.5, 0.6) is 0 Å². The molecule has 6 nitrogen and oxygen atoms in total. The first-order valence-corrected chi connectivity index (χ1v) is 9.61. The number of carboxylic acid groups (broad SMARTS) is 1. The highest BCUT2D eigenvalue weighted by Crippen LogP contribution is 2.50. The SMILES string of the molecule is COC(=O)c1ccc(C2Nc3ccc(Cl)cc3C3C2CCCN3C(=O)O)cc1. The molecule has 3 atom stereocenters. The number of hydrogen-bond acceptors (Lipinski definition) is 4. The summed E-state index contributed by atoms with van der Waals surface area (Å²) in [6, 6.07) is 12.5. The van der Waals surface area contributed by atoms with Crippen molar-refractivity contribution in [3.05, 3.63) is 64.2 Å². The quantitative estimate of drug-likeness (QED) is 0.713. The van der Waals surface area contributed by atoms with Crippen LogP contribution in [-0.2, 0) is 4.74 Å². The highest BCUT2D eigenvalue weighted by Gasteiger charge is 2.44. The van der Waals surface area contributed by atoms with Crippen molar-refractivity contribution >= 4 is 29.4 Å². The van der Waals surface area contributed by atoms with Gasteiger partial charge in [-0.3, -0.25) is 0 Å². The number of anilines is 1. The number of nitrogens with one attached hydrogen (secondary N) is 1. The van der Waals surface area contributed by atoms with Gasteiger partial charge in [0.2, 0.25) is 0 Å². The molecule has 0 spiro atoms. The lowest BCUT2D eigenvalue weighted by Crippen LogP contribution is -2.47. The molecule has 3 unspecified atom stereocenters. The predicted octanol–water partition coefficient (Wildman–Crippen LogP) is 4.72. The summed E-state index contributed by atoms with van der Waals surface area (Å²) >= 11 is 6.21. The maximum atomic E-state index is 11.9. The fraction of sp³-hybridized carbons (Fsp3) is 0.333. The molecule has 4 rings (SSSR count). The fourth-order valence-electron chi connectivity index (χ4n) is 4.45. The van der Waals surface area contributed by atoms with Crippen molar-refractivity contribution < 1.29 is 19.4 Å². The van der Waals surface area contributed by atoms with Gasteiger partial charge in [0.25, 0.3) is 0 Å². The summed E-state index contributed by atoms with van der Waals surface area (Å²) in [5, 5.41) is 13.9. The number of methoxy groups -OCH3 is 1. The van der Waals surface area contributed by atoms with Gasteiger partial charge < -0.3 is 20.1 Å². The van der Waals surface area contributed by atoms with E-state index in [-0.39, 0.29) is 24.0 Å². The third kappa shape index (κ3) is 3.18. The van der Waals surface area contributed by atoms with E-state index in [2.05, 4.69) is 5.32 Å². The minimum absolute atomic E-state index is 0.0625. The van der Waals surface area contributed by atoms with Crippen molar-refractivity contribution in [2.75, 3.05) is 19.0 Å². The second kappa shape index (κ2) is 7.36. The lowest BCUT2D eigenvalue weighted by atomic mass is 9.74. The van der Waals surface area contributed by atoms with Gasteiger partial charge in [0.05, 0.1) is 24.8 Å². The molecule has 2 aromatic carbocycles. The third-order valence-corrected chi connectivity index (χ3v) is 5.92. The normalized spacial score (nSPS) is 23.2. The number of halogens is 1. The topological polar surface area (TPSA) is 78.9 Å². The number of fused-ring (bicyclic) bond motifs is 3. The Balaban J connectivity index is 1.76. The van der Waals surface area contributed by atoms with E-state index in [0.717, 1.165) is 29.7 Å². The maximum absolute atomic E-state index is 11.9. The van der Waals surface area contributed by atoms with Crippen LogP contribution in [0.4, 0.5) is 10.5 Å². The van der Waals surface area contributed by atoms with Crippen molar-refractivity contribution in [3.63, 3.8) is 0 Å². The average Bonchev–Trinajstić information content (AvgIpc) is 2.72. The number of carbonyl (C=O) groups excluding carboxylic acids is 1. The Kier molecular flexibility index (Phi) is 4.89. The van der Waals surface area contributed by atoms with E-state index < -0.39 is 6.09 Å². The van der Waals surface area contributed by atoms with Crippen molar-refractivity contribution in [1.29, 1.82) is 0 Å². The lowest BCUT2D eigenvalue weighted by molar-refractivity contribution is 0.0599. The Morgan fingerprint density at radius 2 is 1.96 bits per heavy atom. The monoisotopic (exact) mass is 400 g/mol. The number of nitrogens with zero attached hydrogens (tertiary/aromatic N) is 1. The standard InChI is InChI=1S/C21H21ClN2O4/c1-28-20(25)13-6-4-12(5-7-13)18-15-3-2-10-24(21(26)27)19(15)16-11-14(22)8-9-17(16)23-18/h4-9,11,15,18-19,23H,2-3,10H2,1H3,(H,26,27). The number of esters is 1. The molecule has 2 aromatic rings. The molecule has 1 amide bonds. The predicted molar refractivity (Wildman–Crippen MR) is 106 cm³/mol. The molecule has 146 valence electrons. The Morgan fingerprint density at radius 1 is 1.21 bits per heavy atom. The molecule has 0 aromatic heterocycles. The maximum Gasteiger partial charge on any atom is 0.407 e. The second-order valence-electron chi connectivity index (χ2n) is 7.19. The Labute approximate surface area is 168 Å². The van der Waals surface area contributed by atoms with Crippen LogP contribution in [0, 0.1) is 5.92 Å². The molecule has 2 N–H and O–H groups in total. The number of rotatable bonds is 2. The van der Waals surface area contributed by atoms with Gasteiger partial charge in [-0.15, -0.1) is 0 Å². The van der Waals surface area contributed by atoms with Gasteiger partial charge in [0.1, 0.15) is 0 Å². The van der Waals surface area contributed by atoms with Crippen LogP contribution >= 0.6 is 11.6 Å². The summed E-state index contributed by atoms with van der Waals surface area (Å²) in [5.41, 5.74) is 3.31. The first kappa shape index (κ1) is 18.6. The van der Waals surface area contributed by atoms with E-state index in [0.29, 0.717) is 17.1 Å². The minimum Gasteiger partial charge on any atom is -0.465 e. The third-order valence-electron chi connectivity index (χ3n) is 5.69. The van der Waals surface area contributed by atoms with Crippen LogP contribution in [0.3, 0.4) is 0 Å². The molecule has 1 saturated heterocycles. The zero-order valence-corrected chi connectivity index (χ0v) is 16.1. The molecule has 0 bridgehead atoms. The van der Waals surface area contributed by atoms with Crippen LogP contribution in [-0.4, -0.2) is 35.7 Å². The van der Waals surface area contributed by atoms with Crippen molar-refractivity contribution in [2.45, 2.75) is 24.9 Å². The molecule has 2 aliphatic rings. The van der Waals surface area contributed by atoms with Gasteiger partial charge in [-0.2, -0.15) is 0 Å². The summed E-state index contributed by atoms with van der Waals surface area (Å²) in [6.07, 6.45) is 0.792. The van der Waals surface area contributed by atoms with E-state index >= 15 is 0 Å². The number of piperidine rings is 1. The lowest BCUT2D eigenvalue weighted by Gasteiger charge is -2.48. The molecule has 28 heavy (non-hydrogen) atoms. The molecule has 0 radical (unpaired) electrons. The zero-order valence-electron chi connectivity index (χ0n) is 15.4. The van der Waals surface area contributed by atoms with Crippen LogP contribution < -0.4 is 5.32 Å². The molecule has 0 saturated carbocycles. The summed E-state index contributed by atoms with van der Waals surface area (Å²) in [7, 11) is 1.36. The number of hydrogen-bond donors (Lipinski definition) is 2. The number of likely N-dealkylation sites (tertiary alicyclic amines) is 1. The molecule has 0 aliphatic carbocycles. The molecule has 2 heterocycles. The molecule has 2 aliphatic heterocycles. The van der Waals surface area contributed by atoms with Crippen LogP contribution in [0.1, 0.15) is 46.4 Å². The van der Waals surface area contributed by atoms with Crippen molar-refractivity contribution in [2.24, 2.45) is 5.92 Å². The van der Waals surface area contributed by atoms with Crippen LogP contribution in [0.2, 0.25) is 5.02 Å². The van der Waals surface area contributed by atoms with E-state index in [9.17, 15) is 14.7 Å². The zero-order chi connectivity index (χ0) is 19.8. The average molecular weight is 401 g/mol. The van der Waals surface area contributed by atoms with Crippen molar-refractivity contribution in [3.8, 4) is 0 Å². The second-order valence-corrected chi connectivity index (χ2v) is 7.63. The molecule has 7 heteroatoms. The summed E-state index contributed by atoms with van der Waals surface area (Å²) < 4.78 is 4.77. The fourth-order valence-corrected chi connectivity index (χ4v) is 4.63. The number of benzene rings is 2.